The SMILES string of the molecule is COCCOC(=O)[N+]1(C(=N)N)N=C(C)C=C1C.Cl. The molecule has 0 spiro atoms. The Bertz CT molecular complexity index is 408. The predicted octanol–water partition coefficient (Wildman–Crippen LogP) is 1.19. The van der Waals surface area contributed by atoms with Gasteiger partial charge in [0.2, 0.25) is 0 Å². The maximum atomic E-state index is 12.0. The topological polar surface area (TPSA) is 97.8 Å². The number of carbonyl (C=O) groups excluding carboxylic acids is 1. The number of carbonyl (C=O) groups is 1. The molecule has 0 aliphatic carbocycles. The van der Waals surface area contributed by atoms with Gasteiger partial charge in [0.25, 0.3) is 0 Å². The van der Waals surface area contributed by atoms with Gasteiger partial charge in [-0.3, -0.25) is 0 Å². The number of hydrogen-bond donors (Lipinski definition) is 2. The van der Waals surface area contributed by atoms with Gasteiger partial charge in [-0.15, -0.1) is 12.4 Å². The summed E-state index contributed by atoms with van der Waals surface area (Å²) in [5.74, 6) is -0.391. The first kappa shape index (κ1) is 16.6. The Hall–Kier alpha value is -1.44. The van der Waals surface area contributed by atoms with Gasteiger partial charge in [-0.05, 0) is 11.5 Å². The van der Waals surface area contributed by atoms with Crippen LogP contribution in [0.25, 0.3) is 0 Å². The summed E-state index contributed by atoms with van der Waals surface area (Å²) in [6.45, 7) is 3.80. The van der Waals surface area contributed by atoms with E-state index in [0.29, 0.717) is 11.4 Å². The third kappa shape index (κ3) is 2.87. The number of hydrogen-bond acceptors (Lipinski definition) is 5. The van der Waals surface area contributed by atoms with Crippen LogP contribution in [0.2, 0.25) is 0 Å². The summed E-state index contributed by atoms with van der Waals surface area (Å²) in [5.41, 5.74) is 6.63. The van der Waals surface area contributed by atoms with Crippen LogP contribution < -0.4 is 5.73 Å². The molecule has 1 rings (SSSR count). The molecule has 102 valence electrons. The summed E-state index contributed by atoms with van der Waals surface area (Å²) in [5, 5.41) is 11.6. The first-order valence-corrected chi connectivity index (χ1v) is 5.10. The molecule has 0 bridgehead atoms. The van der Waals surface area contributed by atoms with Crippen molar-refractivity contribution in [2.75, 3.05) is 20.3 Å². The normalized spacial score (nSPS) is 21.7. The van der Waals surface area contributed by atoms with Gasteiger partial charge < -0.3 is 15.2 Å². The lowest BCUT2D eigenvalue weighted by Crippen LogP contribution is -2.54. The summed E-state index contributed by atoms with van der Waals surface area (Å²) in [4.78, 5) is 12.0. The molecule has 0 saturated carbocycles. The first-order chi connectivity index (χ1) is 7.95. The molecule has 1 aliphatic rings. The van der Waals surface area contributed by atoms with E-state index in [2.05, 4.69) is 5.10 Å². The molecule has 0 aromatic rings. The number of ether oxygens (including phenoxy) is 2. The van der Waals surface area contributed by atoms with Crippen molar-refractivity contribution in [1.82, 2.24) is 0 Å². The molecule has 0 radical (unpaired) electrons. The predicted molar refractivity (Wildman–Crippen MR) is 69.5 cm³/mol. The maximum Gasteiger partial charge on any atom is 0.556 e. The summed E-state index contributed by atoms with van der Waals surface area (Å²) >= 11 is 0. The molecule has 1 unspecified atom stereocenters. The van der Waals surface area contributed by atoms with Crippen molar-refractivity contribution in [2.24, 2.45) is 10.8 Å². The number of amides is 1. The van der Waals surface area contributed by atoms with Crippen LogP contribution in [0.4, 0.5) is 4.79 Å². The third-order valence-corrected chi connectivity index (χ3v) is 2.36. The standard InChI is InChI=1S/C10H17N4O3.ClH/c1-7-6-8(2)14(13-7,9(11)12)10(15)17-5-4-16-3;/h6H,4-5H2,1-3H3,(H3,11,12);1H/q+1;. The Kier molecular flexibility index (Phi) is 5.96. The van der Waals surface area contributed by atoms with E-state index in [-0.39, 0.29) is 25.6 Å². The van der Waals surface area contributed by atoms with Crippen molar-refractivity contribution in [2.45, 2.75) is 13.8 Å². The minimum Gasteiger partial charge on any atom is -0.415 e. The Morgan fingerprint density at radius 1 is 1.50 bits per heavy atom. The van der Waals surface area contributed by atoms with Gasteiger partial charge in [0.15, 0.2) is 5.70 Å². The molecule has 1 atom stereocenters. The van der Waals surface area contributed by atoms with Crippen LogP contribution in [0.15, 0.2) is 16.9 Å². The number of quaternary nitrogens is 1. The molecular formula is C10H18ClN4O3+. The quantitative estimate of drug-likeness (QED) is 0.350. The summed E-state index contributed by atoms with van der Waals surface area (Å²) in [7, 11) is 1.51. The first-order valence-electron chi connectivity index (χ1n) is 5.10. The lowest BCUT2D eigenvalue weighted by atomic mass is 10.3. The number of guanidine groups is 1. The van der Waals surface area contributed by atoms with Crippen molar-refractivity contribution >= 4 is 30.2 Å². The molecule has 1 aliphatic heterocycles. The molecule has 0 saturated heterocycles. The van der Waals surface area contributed by atoms with Crippen LogP contribution in [0.5, 0.6) is 0 Å². The lowest BCUT2D eigenvalue weighted by molar-refractivity contribution is -0.732. The highest BCUT2D eigenvalue weighted by molar-refractivity contribution is 5.97. The largest absolute Gasteiger partial charge is 0.556 e. The second-order valence-corrected chi connectivity index (χ2v) is 3.65. The van der Waals surface area contributed by atoms with Crippen molar-refractivity contribution < 1.29 is 18.9 Å². The Morgan fingerprint density at radius 2 is 2.11 bits per heavy atom. The van der Waals surface area contributed by atoms with Gasteiger partial charge in [-0.2, -0.15) is 4.79 Å². The van der Waals surface area contributed by atoms with E-state index < -0.39 is 16.6 Å². The zero-order chi connectivity index (χ0) is 13.1. The average Bonchev–Trinajstić information content (AvgIpc) is 2.55. The van der Waals surface area contributed by atoms with E-state index in [1.807, 2.05) is 0 Å². The monoisotopic (exact) mass is 277 g/mol. The van der Waals surface area contributed by atoms with Crippen LogP contribution in [0.3, 0.4) is 0 Å². The van der Waals surface area contributed by atoms with E-state index in [1.165, 1.54) is 7.11 Å². The molecule has 1 amide bonds. The van der Waals surface area contributed by atoms with E-state index in [4.69, 9.17) is 20.6 Å². The molecule has 0 aromatic carbocycles. The van der Waals surface area contributed by atoms with Crippen LogP contribution in [0, 0.1) is 5.41 Å². The van der Waals surface area contributed by atoms with Crippen molar-refractivity contribution in [1.29, 1.82) is 5.41 Å². The Labute approximate surface area is 112 Å². The summed E-state index contributed by atoms with van der Waals surface area (Å²) in [6.07, 6.45) is 0.999. The van der Waals surface area contributed by atoms with Gasteiger partial charge in [-0.25, -0.2) is 5.41 Å². The highest BCUT2D eigenvalue weighted by Crippen LogP contribution is 2.25. The second-order valence-electron chi connectivity index (χ2n) is 3.65. The van der Waals surface area contributed by atoms with Crippen LogP contribution in [-0.4, -0.2) is 42.7 Å². The third-order valence-electron chi connectivity index (χ3n) is 2.36. The van der Waals surface area contributed by atoms with Crippen molar-refractivity contribution in [3.05, 3.63) is 11.8 Å². The summed E-state index contributed by atoms with van der Waals surface area (Å²) in [6, 6.07) is 0. The molecule has 0 aromatic heterocycles. The van der Waals surface area contributed by atoms with Gasteiger partial charge in [0.1, 0.15) is 12.3 Å². The fourth-order valence-corrected chi connectivity index (χ4v) is 1.57. The highest BCUT2D eigenvalue weighted by Gasteiger charge is 2.49. The van der Waals surface area contributed by atoms with E-state index in [0.717, 1.165) is 0 Å². The fraction of sp³-hybridized carbons (Fsp3) is 0.500. The van der Waals surface area contributed by atoms with Gasteiger partial charge in [0, 0.05) is 20.1 Å². The van der Waals surface area contributed by atoms with Crippen LogP contribution in [0.1, 0.15) is 13.8 Å². The van der Waals surface area contributed by atoms with E-state index in [1.54, 1.807) is 19.9 Å². The van der Waals surface area contributed by atoms with Gasteiger partial charge >= 0.3 is 12.1 Å². The zero-order valence-corrected chi connectivity index (χ0v) is 11.4. The maximum absolute atomic E-state index is 12.0. The van der Waals surface area contributed by atoms with Crippen LogP contribution in [-0.2, 0) is 9.47 Å². The molecule has 1 heterocycles. The second kappa shape index (κ2) is 6.48. The molecule has 0 fully saturated rings. The van der Waals surface area contributed by atoms with Gasteiger partial charge in [0.05, 0.1) is 6.61 Å². The average molecular weight is 278 g/mol. The highest BCUT2D eigenvalue weighted by atomic mass is 35.5. The minimum absolute atomic E-state index is 0. The van der Waals surface area contributed by atoms with Gasteiger partial charge in [-0.1, -0.05) is 5.10 Å². The molecular weight excluding hydrogens is 260 g/mol. The smallest absolute Gasteiger partial charge is 0.415 e. The van der Waals surface area contributed by atoms with Crippen LogP contribution >= 0.6 is 12.4 Å². The number of rotatable bonds is 3. The number of methoxy groups -OCH3 is 1. The summed E-state index contributed by atoms with van der Waals surface area (Å²) < 4.78 is 9.04. The fourth-order valence-electron chi connectivity index (χ4n) is 1.57. The van der Waals surface area contributed by atoms with Crippen molar-refractivity contribution in [3.8, 4) is 0 Å². The number of halogens is 1. The Morgan fingerprint density at radius 3 is 2.50 bits per heavy atom. The lowest BCUT2D eigenvalue weighted by Gasteiger charge is -2.22. The molecule has 8 heteroatoms. The minimum atomic E-state index is -0.727. The van der Waals surface area contributed by atoms with Crippen molar-refractivity contribution in [3.63, 3.8) is 0 Å². The van der Waals surface area contributed by atoms with E-state index >= 15 is 0 Å². The molecule has 18 heavy (non-hydrogen) atoms. The zero-order valence-electron chi connectivity index (χ0n) is 10.6. The number of nitrogens with one attached hydrogen (secondary N) is 1. The van der Waals surface area contributed by atoms with E-state index in [9.17, 15) is 4.79 Å². The molecule has 3 N–H and O–H groups in total. The number of nitrogens with zero attached hydrogens (tertiary/aromatic N) is 2. The number of allylic oxidation sites excluding steroid dienone is 2. The molecule has 7 nitrogen and oxygen atoms in total. The number of nitrogens with two attached hydrogens (primary N) is 1. The Balaban J connectivity index is 0.00000289.